The molecule has 1 fully saturated rings. The number of hydrogen-bond donors (Lipinski definition) is 3. The fraction of sp³-hybridized carbons (Fsp3) is 0.423. The van der Waals surface area contributed by atoms with Crippen LogP contribution in [0.5, 0.6) is 0 Å². The van der Waals surface area contributed by atoms with E-state index in [1.165, 1.54) is 7.11 Å². The van der Waals surface area contributed by atoms with Gasteiger partial charge in [-0.15, -0.1) is 0 Å². The van der Waals surface area contributed by atoms with Crippen molar-refractivity contribution in [2.45, 2.75) is 56.2 Å². The normalized spacial score (nSPS) is 17.5. The lowest BCUT2D eigenvalue weighted by Gasteiger charge is -2.42. The Morgan fingerprint density at radius 2 is 1.65 bits per heavy atom. The predicted octanol–water partition coefficient (Wildman–Crippen LogP) is 3.44. The molecule has 2 aliphatic rings. The number of aliphatic carboxylic acids is 1. The van der Waals surface area contributed by atoms with Crippen molar-refractivity contribution in [3.8, 4) is 11.1 Å². The van der Waals surface area contributed by atoms with Crippen molar-refractivity contribution in [2.75, 3.05) is 13.7 Å². The molecule has 1 saturated carbocycles. The van der Waals surface area contributed by atoms with E-state index in [2.05, 4.69) is 22.8 Å². The van der Waals surface area contributed by atoms with Crippen LogP contribution < -0.4 is 10.6 Å². The van der Waals surface area contributed by atoms with E-state index < -0.39 is 35.7 Å². The van der Waals surface area contributed by atoms with E-state index in [4.69, 9.17) is 9.47 Å². The van der Waals surface area contributed by atoms with Gasteiger partial charge in [0.15, 0.2) is 0 Å². The third-order valence-electron chi connectivity index (χ3n) is 6.93. The maximum atomic E-state index is 13.0. The summed E-state index contributed by atoms with van der Waals surface area (Å²) in [5.74, 6) is -1.55. The molecule has 3 N–H and O–H groups in total. The molecule has 8 heteroatoms. The fourth-order valence-electron chi connectivity index (χ4n) is 4.88. The highest BCUT2D eigenvalue weighted by atomic mass is 16.5. The molecule has 180 valence electrons. The standard InChI is InChI=1S/C26H30N2O6/c1-16(33-2)23(24(31)28-26(12-7-13-26)14-22(29)30)27-25(32)34-15-21-19-10-5-3-8-17(19)18-9-4-6-11-20(18)21/h3-6,8-11,16,21,23H,7,12-15H2,1-2H3,(H,27,32)(H,28,31)(H,29,30). The maximum Gasteiger partial charge on any atom is 0.407 e. The van der Waals surface area contributed by atoms with Crippen LogP contribution in [0, 0.1) is 0 Å². The molecule has 0 saturated heterocycles. The molecule has 34 heavy (non-hydrogen) atoms. The van der Waals surface area contributed by atoms with Crippen molar-refractivity contribution in [1.82, 2.24) is 10.6 Å². The van der Waals surface area contributed by atoms with E-state index in [-0.39, 0.29) is 18.9 Å². The summed E-state index contributed by atoms with van der Waals surface area (Å²) in [6.45, 7) is 1.79. The number of rotatable bonds is 9. The van der Waals surface area contributed by atoms with Gasteiger partial charge in [-0.05, 0) is 48.4 Å². The lowest BCUT2D eigenvalue weighted by molar-refractivity contribution is -0.141. The van der Waals surface area contributed by atoms with E-state index >= 15 is 0 Å². The van der Waals surface area contributed by atoms with Crippen LogP contribution in [0.15, 0.2) is 48.5 Å². The number of methoxy groups -OCH3 is 1. The quantitative estimate of drug-likeness (QED) is 0.522. The Morgan fingerprint density at radius 1 is 1.06 bits per heavy atom. The lowest BCUT2D eigenvalue weighted by Crippen LogP contribution is -2.61. The summed E-state index contributed by atoms with van der Waals surface area (Å²) in [4.78, 5) is 37.0. The molecule has 0 bridgehead atoms. The third-order valence-corrected chi connectivity index (χ3v) is 6.93. The molecule has 2 aromatic rings. The van der Waals surface area contributed by atoms with Crippen LogP contribution in [-0.2, 0) is 19.1 Å². The number of carbonyl (C=O) groups excluding carboxylic acids is 2. The zero-order valence-electron chi connectivity index (χ0n) is 19.4. The summed E-state index contributed by atoms with van der Waals surface area (Å²) in [6, 6.07) is 15.1. The van der Waals surface area contributed by atoms with Gasteiger partial charge in [0.1, 0.15) is 12.6 Å². The van der Waals surface area contributed by atoms with Crippen molar-refractivity contribution in [3.63, 3.8) is 0 Å². The van der Waals surface area contributed by atoms with Crippen LogP contribution in [0.4, 0.5) is 4.79 Å². The van der Waals surface area contributed by atoms with Crippen molar-refractivity contribution in [1.29, 1.82) is 0 Å². The number of carboxylic acids is 1. The van der Waals surface area contributed by atoms with Crippen LogP contribution in [-0.4, -0.2) is 54.5 Å². The predicted molar refractivity (Wildman–Crippen MR) is 125 cm³/mol. The number of fused-ring (bicyclic) bond motifs is 3. The Bertz CT molecular complexity index is 1030. The van der Waals surface area contributed by atoms with E-state index in [0.29, 0.717) is 12.8 Å². The first-order valence-corrected chi connectivity index (χ1v) is 11.5. The van der Waals surface area contributed by atoms with Gasteiger partial charge in [-0.1, -0.05) is 48.5 Å². The molecule has 8 nitrogen and oxygen atoms in total. The van der Waals surface area contributed by atoms with Crippen LogP contribution in [0.25, 0.3) is 11.1 Å². The first-order chi connectivity index (χ1) is 16.3. The van der Waals surface area contributed by atoms with Gasteiger partial charge in [-0.2, -0.15) is 0 Å². The highest BCUT2D eigenvalue weighted by Crippen LogP contribution is 2.44. The number of hydrogen-bond acceptors (Lipinski definition) is 5. The summed E-state index contributed by atoms with van der Waals surface area (Å²) in [7, 11) is 1.45. The topological polar surface area (TPSA) is 114 Å². The van der Waals surface area contributed by atoms with E-state index in [0.717, 1.165) is 28.7 Å². The monoisotopic (exact) mass is 466 g/mol. The average Bonchev–Trinajstić information content (AvgIpc) is 3.12. The summed E-state index contributed by atoms with van der Waals surface area (Å²) in [5.41, 5.74) is 3.66. The Morgan fingerprint density at radius 3 is 2.15 bits per heavy atom. The molecule has 0 radical (unpaired) electrons. The Hall–Kier alpha value is -3.39. The molecule has 2 atom stereocenters. The van der Waals surface area contributed by atoms with Gasteiger partial charge < -0.3 is 25.2 Å². The SMILES string of the molecule is COC(C)C(NC(=O)OCC1c2ccccc2-c2ccccc21)C(=O)NC1(CC(=O)O)CCC1. The van der Waals surface area contributed by atoms with Crippen molar-refractivity contribution in [3.05, 3.63) is 59.7 Å². The van der Waals surface area contributed by atoms with Gasteiger partial charge >= 0.3 is 12.1 Å². The molecule has 0 heterocycles. The minimum absolute atomic E-state index is 0.0981. The Labute approximate surface area is 198 Å². The molecular weight excluding hydrogens is 436 g/mol. The number of ether oxygens (including phenoxy) is 2. The van der Waals surface area contributed by atoms with Gasteiger partial charge in [0.2, 0.25) is 5.91 Å². The molecule has 4 rings (SSSR count). The van der Waals surface area contributed by atoms with E-state index in [1.807, 2.05) is 36.4 Å². The summed E-state index contributed by atoms with van der Waals surface area (Å²) in [6.07, 6.45) is 0.498. The lowest BCUT2D eigenvalue weighted by atomic mass is 9.74. The van der Waals surface area contributed by atoms with Crippen LogP contribution in [0.2, 0.25) is 0 Å². The first-order valence-electron chi connectivity index (χ1n) is 11.5. The van der Waals surface area contributed by atoms with Gasteiger partial charge in [-0.25, -0.2) is 4.79 Å². The largest absolute Gasteiger partial charge is 0.481 e. The Kier molecular flexibility index (Phi) is 6.88. The van der Waals surface area contributed by atoms with E-state index in [9.17, 15) is 19.5 Å². The number of amides is 2. The van der Waals surface area contributed by atoms with Gasteiger partial charge in [0.05, 0.1) is 18.1 Å². The van der Waals surface area contributed by atoms with Gasteiger partial charge in [-0.3, -0.25) is 9.59 Å². The van der Waals surface area contributed by atoms with E-state index in [1.54, 1.807) is 6.92 Å². The zero-order valence-corrected chi connectivity index (χ0v) is 19.4. The zero-order chi connectivity index (χ0) is 24.3. The number of benzene rings is 2. The smallest absolute Gasteiger partial charge is 0.407 e. The average molecular weight is 467 g/mol. The second-order valence-electron chi connectivity index (χ2n) is 9.08. The highest BCUT2D eigenvalue weighted by molar-refractivity contribution is 5.87. The molecular formula is C26H30N2O6. The number of alkyl carbamates (subject to hydrolysis) is 1. The van der Waals surface area contributed by atoms with Crippen LogP contribution in [0.3, 0.4) is 0 Å². The second kappa shape index (κ2) is 9.85. The summed E-state index contributed by atoms with van der Waals surface area (Å²) >= 11 is 0. The summed E-state index contributed by atoms with van der Waals surface area (Å²) in [5, 5.41) is 14.7. The molecule has 0 aromatic heterocycles. The maximum absolute atomic E-state index is 13.0. The van der Waals surface area contributed by atoms with Gasteiger partial charge in [0.25, 0.3) is 0 Å². The van der Waals surface area contributed by atoms with Crippen LogP contribution in [0.1, 0.15) is 49.7 Å². The molecule has 2 aliphatic carbocycles. The Balaban J connectivity index is 1.42. The number of nitrogens with one attached hydrogen (secondary N) is 2. The fourth-order valence-corrected chi connectivity index (χ4v) is 4.88. The first kappa shape index (κ1) is 23.8. The molecule has 2 aromatic carbocycles. The van der Waals surface area contributed by atoms with Crippen molar-refractivity contribution >= 4 is 18.0 Å². The van der Waals surface area contributed by atoms with Crippen molar-refractivity contribution < 1.29 is 29.0 Å². The van der Waals surface area contributed by atoms with Crippen molar-refractivity contribution in [2.24, 2.45) is 0 Å². The second-order valence-corrected chi connectivity index (χ2v) is 9.08. The minimum Gasteiger partial charge on any atom is -0.481 e. The molecule has 0 aliphatic heterocycles. The molecule has 2 amide bonds. The van der Waals surface area contributed by atoms with Gasteiger partial charge in [0, 0.05) is 13.0 Å². The number of carboxylic acid groups (broad SMARTS) is 1. The molecule has 2 unspecified atom stereocenters. The third kappa shape index (κ3) is 4.77. The molecule has 0 spiro atoms. The highest BCUT2D eigenvalue weighted by Gasteiger charge is 2.42. The minimum atomic E-state index is -1.02. The van der Waals surface area contributed by atoms with Crippen LogP contribution >= 0.6 is 0 Å². The summed E-state index contributed by atoms with van der Waals surface area (Å²) < 4.78 is 10.9. The number of carbonyl (C=O) groups is 3.